The van der Waals surface area contributed by atoms with Gasteiger partial charge in [-0.1, -0.05) is 69.6 Å². The summed E-state index contributed by atoms with van der Waals surface area (Å²) in [6.45, 7) is 12.2. The Balaban J connectivity index is 1.00. The number of fused-ring (bicyclic) bond motifs is 2. The van der Waals surface area contributed by atoms with Crippen LogP contribution in [0.5, 0.6) is 0 Å². The van der Waals surface area contributed by atoms with E-state index in [1.807, 2.05) is 45.1 Å². The van der Waals surface area contributed by atoms with Gasteiger partial charge in [-0.2, -0.15) is 0 Å². The molecule has 2 bridgehead atoms. The normalized spacial score (nSPS) is 50.8. The number of rotatable bonds is 7. The van der Waals surface area contributed by atoms with Gasteiger partial charge in [-0.3, -0.25) is 4.79 Å². The summed E-state index contributed by atoms with van der Waals surface area (Å²) in [6.07, 6.45) is 16.2. The number of esters is 1. The zero-order valence-corrected chi connectivity index (χ0v) is 38.9. The van der Waals surface area contributed by atoms with Gasteiger partial charge in [0.2, 0.25) is 5.79 Å². The monoisotopic (exact) mass is 896 g/mol. The van der Waals surface area contributed by atoms with Gasteiger partial charge in [-0.15, -0.1) is 0 Å². The van der Waals surface area contributed by atoms with E-state index in [0.717, 1.165) is 24.0 Å². The molecular formula is C50H72O14. The lowest BCUT2D eigenvalue weighted by molar-refractivity contribution is -0.318. The molecule has 7 aliphatic heterocycles. The Morgan fingerprint density at radius 1 is 0.812 bits per heavy atom. The molecule has 356 valence electrons. The van der Waals surface area contributed by atoms with Crippen molar-refractivity contribution in [2.24, 2.45) is 23.7 Å². The summed E-state index contributed by atoms with van der Waals surface area (Å²) in [5.41, 5.74) is 0.607. The summed E-state index contributed by atoms with van der Waals surface area (Å²) in [5.74, 6) is -3.49. The van der Waals surface area contributed by atoms with E-state index in [4.69, 9.17) is 52.1 Å². The Labute approximate surface area is 378 Å². The number of methoxy groups -OCH3 is 2. The third kappa shape index (κ3) is 8.70. The SMILES string of the molecule is CO[C@H]1C[C@H](O[C@H]2[C@H](C)O[C@@H](O[C@@H]3/C(C)=C/C[C@@H]4C[C@@H](C[C@]5(C=C[C@H](C)[C@@H](C6CCCCC6)O5)O4)OC(=O)[C@@H]4C=C(C)[C@H]5O[C@@]56OC/C(=C\C=C\[C@@H]3C)[C@@]46O)C[C@@H]2OC)O[C@@H](C)[C@@H]1O. The minimum absolute atomic E-state index is 0.00883. The molecule has 0 radical (unpaired) electrons. The molecule has 0 aromatic carbocycles. The largest absolute Gasteiger partial charge is 0.462 e. The predicted molar refractivity (Wildman–Crippen MR) is 232 cm³/mol. The maximum atomic E-state index is 14.5. The molecule has 9 aliphatic rings. The molecule has 0 unspecified atom stereocenters. The molecule has 1 saturated carbocycles. The minimum atomic E-state index is -1.76. The van der Waals surface area contributed by atoms with Crippen LogP contribution in [0.3, 0.4) is 0 Å². The minimum Gasteiger partial charge on any atom is -0.462 e. The fourth-order valence-corrected chi connectivity index (χ4v) is 12.1. The number of aliphatic hydroxyl groups excluding tert-OH is 1. The molecule has 2 aliphatic carbocycles. The van der Waals surface area contributed by atoms with Crippen LogP contribution in [0.4, 0.5) is 0 Å². The second-order valence-electron chi connectivity index (χ2n) is 20.2. The van der Waals surface area contributed by atoms with Gasteiger partial charge in [0.1, 0.15) is 30.3 Å². The first-order chi connectivity index (χ1) is 30.7. The third-order valence-corrected chi connectivity index (χ3v) is 15.7. The standard InChI is InChI=1S/C50H72O14/c1-27-13-12-16-34-26-56-50-46(64-50)30(4)21-37(49(34,50)53)47(52)59-36-22-35(62-48(25-36)20-19-29(3)44(63-48)33-14-10-9-11-15-33)18-17-28(2)43(27)60-41-24-39(55-8)45(32(6)58-41)61-40-23-38(54-7)42(51)31(5)57-40/h12-13,16-17,19-21,27,29,31-33,35-46,51,53H,9-11,14-15,18,22-26H2,1-8H3/b13-12+,28-17+,34-16+/t27-,29-,31-,32-,35+,36-,37-,38-,39-,40-,41-,42-,43-,44-,45-,46+,48+,49+,50-/m0/s1. The summed E-state index contributed by atoms with van der Waals surface area (Å²) >= 11 is 0. The fourth-order valence-electron chi connectivity index (χ4n) is 12.1. The van der Waals surface area contributed by atoms with Gasteiger partial charge in [-0.25, -0.2) is 0 Å². The lowest BCUT2D eigenvalue weighted by Crippen LogP contribution is -2.56. The van der Waals surface area contributed by atoms with Crippen LogP contribution < -0.4 is 0 Å². The first-order valence-corrected chi connectivity index (χ1v) is 24.1. The van der Waals surface area contributed by atoms with E-state index in [-0.39, 0.29) is 36.8 Å². The van der Waals surface area contributed by atoms with Crippen LogP contribution in [0, 0.1) is 23.7 Å². The van der Waals surface area contributed by atoms with E-state index in [1.54, 1.807) is 20.3 Å². The van der Waals surface area contributed by atoms with Crippen LogP contribution in [0.15, 0.2) is 59.3 Å². The van der Waals surface area contributed by atoms with Crippen LogP contribution in [0.1, 0.15) is 106 Å². The first kappa shape index (κ1) is 46.8. The number of aliphatic hydroxyl groups is 2. The molecule has 6 fully saturated rings. The number of ether oxygens (including phenoxy) is 11. The maximum Gasteiger partial charge on any atom is 0.316 e. The topological polar surface area (TPSA) is 162 Å². The molecule has 7 heterocycles. The van der Waals surface area contributed by atoms with Crippen LogP contribution in [0.2, 0.25) is 0 Å². The number of hydrogen-bond acceptors (Lipinski definition) is 14. The fraction of sp³-hybridized carbons (Fsp3) is 0.780. The van der Waals surface area contributed by atoms with Gasteiger partial charge < -0.3 is 62.3 Å². The van der Waals surface area contributed by atoms with Crippen molar-refractivity contribution in [3.8, 4) is 0 Å². The van der Waals surface area contributed by atoms with Gasteiger partial charge in [0.25, 0.3) is 0 Å². The number of allylic oxidation sites excluding steroid dienone is 2. The predicted octanol–water partition coefficient (Wildman–Crippen LogP) is 6.28. The van der Waals surface area contributed by atoms with Crippen molar-refractivity contribution >= 4 is 5.97 Å². The Morgan fingerprint density at radius 3 is 2.31 bits per heavy atom. The van der Waals surface area contributed by atoms with E-state index >= 15 is 0 Å². The van der Waals surface area contributed by atoms with Crippen molar-refractivity contribution in [3.63, 3.8) is 0 Å². The van der Waals surface area contributed by atoms with Gasteiger partial charge >= 0.3 is 5.97 Å². The molecule has 2 N–H and O–H groups in total. The van der Waals surface area contributed by atoms with Crippen molar-refractivity contribution in [2.45, 2.75) is 203 Å². The Kier molecular flexibility index (Phi) is 13.6. The number of carbonyl (C=O) groups excluding carboxylic acids is 1. The van der Waals surface area contributed by atoms with Crippen LogP contribution >= 0.6 is 0 Å². The molecule has 0 amide bonds. The molecular weight excluding hydrogens is 825 g/mol. The number of hydrogen-bond donors (Lipinski definition) is 2. The van der Waals surface area contributed by atoms with Crippen molar-refractivity contribution in [3.05, 3.63) is 59.3 Å². The average molecular weight is 897 g/mol. The molecule has 64 heavy (non-hydrogen) atoms. The van der Waals surface area contributed by atoms with E-state index in [9.17, 15) is 15.0 Å². The van der Waals surface area contributed by atoms with E-state index in [1.165, 1.54) is 19.3 Å². The lowest BCUT2D eigenvalue weighted by atomic mass is 9.72. The molecule has 2 spiro atoms. The summed E-state index contributed by atoms with van der Waals surface area (Å²) in [5, 5.41) is 23.3. The molecule has 5 saturated heterocycles. The first-order valence-electron chi connectivity index (χ1n) is 24.1. The summed E-state index contributed by atoms with van der Waals surface area (Å²) in [6, 6.07) is 0. The molecule has 0 aromatic rings. The summed E-state index contributed by atoms with van der Waals surface area (Å²) in [4.78, 5) is 14.5. The summed E-state index contributed by atoms with van der Waals surface area (Å²) < 4.78 is 70.6. The van der Waals surface area contributed by atoms with E-state index < -0.39 is 90.5 Å². The number of carbonyl (C=O) groups is 1. The highest BCUT2D eigenvalue weighted by Crippen LogP contribution is 2.62. The summed E-state index contributed by atoms with van der Waals surface area (Å²) in [7, 11) is 3.24. The van der Waals surface area contributed by atoms with Crippen LogP contribution in [-0.4, -0.2) is 134 Å². The van der Waals surface area contributed by atoms with Gasteiger partial charge in [-0.05, 0) is 75.7 Å². The van der Waals surface area contributed by atoms with Gasteiger partial charge in [0.15, 0.2) is 24.0 Å². The molecule has 0 aromatic heterocycles. The van der Waals surface area contributed by atoms with Crippen molar-refractivity contribution in [1.29, 1.82) is 0 Å². The highest BCUT2D eigenvalue weighted by molar-refractivity contribution is 5.79. The van der Waals surface area contributed by atoms with Crippen molar-refractivity contribution in [2.75, 3.05) is 20.8 Å². The van der Waals surface area contributed by atoms with E-state index in [2.05, 4.69) is 32.9 Å². The maximum absolute atomic E-state index is 14.5. The zero-order chi connectivity index (χ0) is 45.1. The highest BCUT2D eigenvalue weighted by atomic mass is 16.8. The van der Waals surface area contributed by atoms with Crippen molar-refractivity contribution in [1.82, 2.24) is 0 Å². The molecule has 14 heteroatoms. The Hall–Kier alpha value is -2.31. The second kappa shape index (κ2) is 18.6. The van der Waals surface area contributed by atoms with E-state index in [0.29, 0.717) is 43.6 Å². The van der Waals surface area contributed by atoms with Gasteiger partial charge in [0.05, 0.1) is 49.3 Å². The number of epoxide rings is 1. The lowest BCUT2D eigenvalue weighted by Gasteiger charge is -2.49. The molecule has 9 rings (SSSR count). The van der Waals surface area contributed by atoms with Crippen molar-refractivity contribution < 1.29 is 67.1 Å². The van der Waals surface area contributed by atoms with Crippen LogP contribution in [-0.2, 0) is 56.9 Å². The Morgan fingerprint density at radius 2 is 1.55 bits per heavy atom. The Bertz CT molecular complexity index is 1860. The molecule has 19 atom stereocenters. The third-order valence-electron chi connectivity index (χ3n) is 15.7. The smallest absolute Gasteiger partial charge is 0.316 e. The zero-order valence-electron chi connectivity index (χ0n) is 38.9. The molecule has 14 nitrogen and oxygen atoms in total. The quantitative estimate of drug-likeness (QED) is 0.167. The average Bonchev–Trinajstić information content (AvgIpc) is 3.97. The van der Waals surface area contributed by atoms with Crippen LogP contribution in [0.25, 0.3) is 0 Å². The second-order valence-corrected chi connectivity index (χ2v) is 20.2. The highest BCUT2D eigenvalue weighted by Gasteiger charge is 2.80. The van der Waals surface area contributed by atoms with Gasteiger partial charge in [0, 0.05) is 51.7 Å².